The van der Waals surface area contributed by atoms with E-state index in [1.165, 1.54) is 103 Å². The summed E-state index contributed by atoms with van der Waals surface area (Å²) in [7, 11) is -4.76. The Labute approximate surface area is 427 Å². The maximum atomic E-state index is 12.9. The quantitative estimate of drug-likeness (QED) is 0.0197. The molecule has 70 heavy (non-hydrogen) atoms. The van der Waals surface area contributed by atoms with Gasteiger partial charge in [-0.2, -0.15) is 0 Å². The van der Waals surface area contributed by atoms with Crippen LogP contribution in [0.3, 0.4) is 0 Å². The number of phosphoric ester groups is 1. The van der Waals surface area contributed by atoms with Crippen LogP contribution in [0.2, 0.25) is 0 Å². The first-order chi connectivity index (χ1) is 34.2. The Hall–Kier alpha value is -3.08. The van der Waals surface area contributed by atoms with Crippen molar-refractivity contribution in [3.8, 4) is 0 Å². The van der Waals surface area contributed by atoms with Crippen LogP contribution in [-0.2, 0) is 42.2 Å². The van der Waals surface area contributed by atoms with Crippen molar-refractivity contribution in [2.24, 2.45) is 0 Å². The van der Waals surface area contributed by atoms with Gasteiger partial charge in [0, 0.05) is 19.3 Å². The molecule has 0 amide bonds. The second-order valence-electron chi connectivity index (χ2n) is 18.4. The average Bonchev–Trinajstić information content (AvgIpc) is 3.35. The van der Waals surface area contributed by atoms with Crippen molar-refractivity contribution < 1.29 is 52.2 Å². The third kappa shape index (κ3) is 49.9. The molecule has 0 fully saturated rings. The summed E-state index contributed by atoms with van der Waals surface area (Å²) in [4.78, 5) is 48.4. The SMILES string of the molecule is CC/C=C\C/C=C\C/C=C\C/C=C\CCC(=O)OC(CO)COP(=O)(O)OCC(COC(=O)CCCCCCCCCCCCC)OC(=O)CCCCCCCCCCC/C=C\C/C=C\CCCCC. The Morgan fingerprint density at radius 3 is 1.26 bits per heavy atom. The summed E-state index contributed by atoms with van der Waals surface area (Å²) in [6.07, 6.45) is 57.4. The van der Waals surface area contributed by atoms with Crippen molar-refractivity contribution in [1.82, 2.24) is 0 Å². The fourth-order valence-electron chi connectivity index (χ4n) is 7.40. The number of allylic oxidation sites excluding steroid dienone is 12. The highest BCUT2D eigenvalue weighted by Crippen LogP contribution is 2.43. The van der Waals surface area contributed by atoms with Gasteiger partial charge < -0.3 is 24.2 Å². The molecule has 0 aliphatic rings. The van der Waals surface area contributed by atoms with Gasteiger partial charge in [0.2, 0.25) is 0 Å². The highest BCUT2D eigenvalue weighted by molar-refractivity contribution is 7.47. The Balaban J connectivity index is 4.75. The van der Waals surface area contributed by atoms with E-state index in [0.717, 1.165) is 77.0 Å². The number of esters is 3. The van der Waals surface area contributed by atoms with Gasteiger partial charge in [-0.05, 0) is 77.0 Å². The van der Waals surface area contributed by atoms with Crippen LogP contribution in [0, 0.1) is 0 Å². The molecule has 0 aromatic carbocycles. The van der Waals surface area contributed by atoms with Gasteiger partial charge >= 0.3 is 25.7 Å². The van der Waals surface area contributed by atoms with Crippen molar-refractivity contribution >= 4 is 25.7 Å². The van der Waals surface area contributed by atoms with Crippen LogP contribution in [0.5, 0.6) is 0 Å². The first-order valence-corrected chi connectivity index (χ1v) is 29.3. The summed E-state index contributed by atoms with van der Waals surface area (Å²) in [6.45, 7) is 4.41. The minimum absolute atomic E-state index is 0.0551. The van der Waals surface area contributed by atoms with Crippen molar-refractivity contribution in [2.75, 3.05) is 26.4 Å². The number of aliphatic hydroxyl groups is 1. The molecule has 0 bridgehead atoms. The molecule has 2 N–H and O–H groups in total. The van der Waals surface area contributed by atoms with Crippen LogP contribution in [0.4, 0.5) is 0 Å². The van der Waals surface area contributed by atoms with E-state index in [9.17, 15) is 28.9 Å². The number of carbonyl (C=O) groups is 3. The van der Waals surface area contributed by atoms with Crippen molar-refractivity contribution in [3.63, 3.8) is 0 Å². The summed E-state index contributed by atoms with van der Waals surface area (Å²) in [6, 6.07) is 0. The molecule has 11 nitrogen and oxygen atoms in total. The van der Waals surface area contributed by atoms with Crippen LogP contribution in [-0.4, -0.2) is 66.5 Å². The second kappa shape index (κ2) is 52.2. The van der Waals surface area contributed by atoms with Gasteiger partial charge in [0.05, 0.1) is 19.8 Å². The van der Waals surface area contributed by atoms with Gasteiger partial charge in [-0.25, -0.2) is 4.57 Å². The monoisotopic (exact) mass is 1000 g/mol. The third-order valence-corrected chi connectivity index (χ3v) is 12.6. The second-order valence-corrected chi connectivity index (χ2v) is 19.8. The first-order valence-electron chi connectivity index (χ1n) is 27.8. The first kappa shape index (κ1) is 66.9. The van der Waals surface area contributed by atoms with Gasteiger partial charge in [-0.1, -0.05) is 216 Å². The lowest BCUT2D eigenvalue weighted by Gasteiger charge is -2.21. The molecule has 0 aliphatic heterocycles. The minimum Gasteiger partial charge on any atom is -0.462 e. The van der Waals surface area contributed by atoms with Crippen molar-refractivity contribution in [1.29, 1.82) is 0 Å². The molecule has 3 atom stereocenters. The lowest BCUT2D eigenvalue weighted by molar-refractivity contribution is -0.161. The molecule has 404 valence electrons. The standard InChI is InChI=1S/C58H101O11P/c1-4-7-10-13-16-19-22-24-25-26-27-28-29-31-34-37-40-43-46-49-58(62)69-55(51-65-56(60)47-44-41-38-35-32-21-18-15-12-9-6-3)53-67-70(63,64)66-52-54(50-59)68-57(61)48-45-42-39-36-33-30-23-20-17-14-11-8-5-2/h8,11,16-17,19-20,24-25,30,33,39,42,54-55,59H,4-7,9-10,12-15,18,21-23,26-29,31-32,34-38,40-41,43-53H2,1-3H3,(H,63,64)/b11-8-,19-16-,20-17-,25-24-,33-30-,42-39-. The van der Waals surface area contributed by atoms with Gasteiger partial charge in [0.25, 0.3) is 0 Å². The van der Waals surface area contributed by atoms with E-state index in [-0.39, 0.29) is 25.9 Å². The van der Waals surface area contributed by atoms with Crippen LogP contribution in [0.1, 0.15) is 239 Å². The molecule has 3 unspecified atom stereocenters. The minimum atomic E-state index is -4.76. The lowest BCUT2D eigenvalue weighted by atomic mass is 10.1. The summed E-state index contributed by atoms with van der Waals surface area (Å²) >= 11 is 0. The predicted molar refractivity (Wildman–Crippen MR) is 288 cm³/mol. The smallest absolute Gasteiger partial charge is 0.462 e. The summed E-state index contributed by atoms with van der Waals surface area (Å²) < 4.78 is 39.3. The summed E-state index contributed by atoms with van der Waals surface area (Å²) in [5.41, 5.74) is 0. The van der Waals surface area contributed by atoms with Crippen LogP contribution < -0.4 is 0 Å². The van der Waals surface area contributed by atoms with E-state index in [2.05, 4.69) is 81.5 Å². The molecule has 0 aromatic rings. The highest BCUT2D eigenvalue weighted by Gasteiger charge is 2.28. The van der Waals surface area contributed by atoms with Crippen molar-refractivity contribution in [2.45, 2.75) is 251 Å². The van der Waals surface area contributed by atoms with Crippen molar-refractivity contribution in [3.05, 3.63) is 72.9 Å². The molecule has 0 radical (unpaired) electrons. The van der Waals surface area contributed by atoms with E-state index >= 15 is 0 Å². The number of aliphatic hydroxyl groups excluding tert-OH is 1. The van der Waals surface area contributed by atoms with Crippen LogP contribution >= 0.6 is 7.82 Å². The lowest BCUT2D eigenvalue weighted by Crippen LogP contribution is -2.30. The molecule has 0 aliphatic carbocycles. The third-order valence-electron chi connectivity index (χ3n) is 11.6. The fraction of sp³-hybridized carbons (Fsp3) is 0.741. The number of phosphoric acid groups is 1. The summed E-state index contributed by atoms with van der Waals surface area (Å²) in [5.74, 6) is -1.55. The molecule has 0 saturated carbocycles. The molecular weight excluding hydrogens is 904 g/mol. The van der Waals surface area contributed by atoms with Gasteiger partial charge in [0.15, 0.2) is 6.10 Å². The zero-order valence-corrected chi connectivity index (χ0v) is 45.4. The maximum absolute atomic E-state index is 12.9. The number of ether oxygens (including phenoxy) is 3. The van der Waals surface area contributed by atoms with Gasteiger partial charge in [0.1, 0.15) is 12.7 Å². The van der Waals surface area contributed by atoms with Gasteiger partial charge in [-0.3, -0.25) is 23.4 Å². The normalized spacial score (nSPS) is 14.0. The number of carbonyl (C=O) groups excluding carboxylic acids is 3. The maximum Gasteiger partial charge on any atom is 0.472 e. The molecule has 0 rings (SSSR count). The Kier molecular flexibility index (Phi) is 50.0. The topological polar surface area (TPSA) is 155 Å². The zero-order chi connectivity index (χ0) is 51.3. The Morgan fingerprint density at radius 1 is 0.414 bits per heavy atom. The summed E-state index contributed by atoms with van der Waals surface area (Å²) in [5, 5.41) is 9.77. The molecular formula is C58H101O11P. The predicted octanol–water partition coefficient (Wildman–Crippen LogP) is 16.1. The van der Waals surface area contributed by atoms with E-state index in [1.54, 1.807) is 0 Å². The van der Waals surface area contributed by atoms with E-state index in [4.69, 9.17) is 23.3 Å². The Morgan fingerprint density at radius 2 is 0.771 bits per heavy atom. The molecule has 0 heterocycles. The van der Waals surface area contributed by atoms with Crippen LogP contribution in [0.25, 0.3) is 0 Å². The number of rotatable bonds is 51. The van der Waals surface area contributed by atoms with E-state index in [0.29, 0.717) is 19.3 Å². The van der Waals surface area contributed by atoms with Gasteiger partial charge in [-0.15, -0.1) is 0 Å². The van der Waals surface area contributed by atoms with Crippen LogP contribution in [0.15, 0.2) is 72.9 Å². The number of hydrogen-bond acceptors (Lipinski definition) is 10. The molecule has 12 heteroatoms. The fourth-order valence-corrected chi connectivity index (χ4v) is 8.18. The number of unbranched alkanes of at least 4 members (excludes halogenated alkanes) is 22. The van der Waals surface area contributed by atoms with E-state index in [1.807, 2.05) is 12.2 Å². The molecule has 0 spiro atoms. The average molecular weight is 1010 g/mol. The highest BCUT2D eigenvalue weighted by atomic mass is 31.2. The molecule has 0 saturated heterocycles. The van der Waals surface area contributed by atoms with E-state index < -0.39 is 57.8 Å². The number of hydrogen-bond donors (Lipinski definition) is 2. The molecule has 0 aromatic heterocycles. The largest absolute Gasteiger partial charge is 0.472 e. The zero-order valence-electron chi connectivity index (χ0n) is 44.5. The Bertz CT molecular complexity index is 1450.